The molecule has 0 aromatic heterocycles. The van der Waals surface area contributed by atoms with E-state index in [4.69, 9.17) is 0 Å². The van der Waals surface area contributed by atoms with Gasteiger partial charge in [0.25, 0.3) is 5.91 Å². The van der Waals surface area contributed by atoms with Crippen LogP contribution < -0.4 is 5.32 Å². The van der Waals surface area contributed by atoms with Gasteiger partial charge in [0.15, 0.2) is 0 Å². The van der Waals surface area contributed by atoms with E-state index in [0.29, 0.717) is 37.9 Å². The summed E-state index contributed by atoms with van der Waals surface area (Å²) in [7, 11) is -3.12. The number of amides is 1. The van der Waals surface area contributed by atoms with Crippen molar-refractivity contribution in [2.75, 3.05) is 18.8 Å². The molecule has 0 atom stereocenters. The Bertz CT molecular complexity index is 620. The van der Waals surface area contributed by atoms with Crippen LogP contribution in [-0.2, 0) is 10.0 Å². The Labute approximate surface area is 132 Å². The molecule has 1 amide bonds. The quantitative estimate of drug-likeness (QED) is 0.900. The molecule has 0 saturated carbocycles. The first kappa shape index (κ1) is 17.0. The molecule has 0 spiro atoms. The Balaban J connectivity index is 1.90. The van der Waals surface area contributed by atoms with Gasteiger partial charge in [0.1, 0.15) is 0 Å². The topological polar surface area (TPSA) is 66.5 Å². The second kappa shape index (κ2) is 7.24. The van der Waals surface area contributed by atoms with Crippen LogP contribution in [0.4, 0.5) is 0 Å². The van der Waals surface area contributed by atoms with E-state index in [1.807, 2.05) is 38.1 Å². The van der Waals surface area contributed by atoms with Crippen molar-refractivity contribution < 1.29 is 13.2 Å². The summed E-state index contributed by atoms with van der Waals surface area (Å²) in [5.74, 6) is 0.126. The van der Waals surface area contributed by atoms with Crippen LogP contribution in [0.3, 0.4) is 0 Å². The Morgan fingerprint density at radius 2 is 1.91 bits per heavy atom. The summed E-state index contributed by atoms with van der Waals surface area (Å²) >= 11 is 0. The summed E-state index contributed by atoms with van der Waals surface area (Å²) in [5.41, 5.74) is 1.63. The van der Waals surface area contributed by atoms with E-state index in [0.717, 1.165) is 5.56 Å². The number of hydrogen-bond acceptors (Lipinski definition) is 3. The van der Waals surface area contributed by atoms with E-state index in [1.54, 1.807) is 4.31 Å². The van der Waals surface area contributed by atoms with Gasteiger partial charge in [-0.25, -0.2) is 12.7 Å². The third-order valence-corrected chi connectivity index (χ3v) is 6.11. The van der Waals surface area contributed by atoms with Crippen molar-refractivity contribution in [2.45, 2.75) is 39.2 Å². The van der Waals surface area contributed by atoms with Gasteiger partial charge >= 0.3 is 0 Å². The monoisotopic (exact) mass is 324 g/mol. The number of nitrogens with zero attached hydrogens (tertiary/aromatic N) is 1. The minimum Gasteiger partial charge on any atom is -0.349 e. The number of benzene rings is 1. The normalized spacial score (nSPS) is 17.4. The zero-order chi connectivity index (χ0) is 16.2. The van der Waals surface area contributed by atoms with Crippen LogP contribution in [-0.4, -0.2) is 43.5 Å². The molecule has 1 N–H and O–H groups in total. The molecule has 0 radical (unpaired) electrons. The highest BCUT2D eigenvalue weighted by Crippen LogP contribution is 2.16. The third-order valence-electron chi connectivity index (χ3n) is 4.03. The predicted octanol–water partition coefficient (Wildman–Crippen LogP) is 1.93. The first-order valence-corrected chi connectivity index (χ1v) is 9.39. The van der Waals surface area contributed by atoms with Gasteiger partial charge in [-0.2, -0.15) is 0 Å². The van der Waals surface area contributed by atoms with Gasteiger partial charge in [0.05, 0.1) is 5.75 Å². The average Bonchev–Trinajstić information content (AvgIpc) is 2.48. The maximum atomic E-state index is 12.3. The molecule has 5 nitrogen and oxygen atoms in total. The zero-order valence-electron chi connectivity index (χ0n) is 13.2. The molecule has 1 heterocycles. The molecule has 0 aliphatic carbocycles. The van der Waals surface area contributed by atoms with Crippen molar-refractivity contribution in [2.24, 2.45) is 0 Å². The molecule has 1 aliphatic heterocycles. The predicted molar refractivity (Wildman–Crippen MR) is 87.3 cm³/mol. The molecule has 1 saturated heterocycles. The van der Waals surface area contributed by atoms with E-state index in [1.165, 1.54) is 0 Å². The zero-order valence-corrected chi connectivity index (χ0v) is 14.0. The van der Waals surface area contributed by atoms with Crippen molar-refractivity contribution in [3.05, 3.63) is 35.4 Å². The number of sulfonamides is 1. The van der Waals surface area contributed by atoms with Crippen molar-refractivity contribution in [3.63, 3.8) is 0 Å². The second-order valence-electron chi connectivity index (χ2n) is 5.78. The lowest BCUT2D eigenvalue weighted by atomic mass is 10.0. The summed E-state index contributed by atoms with van der Waals surface area (Å²) in [6.45, 7) is 4.75. The lowest BCUT2D eigenvalue weighted by Crippen LogP contribution is -2.47. The minimum atomic E-state index is -3.12. The standard InChI is InChI=1S/C16H24N2O3S/c1-3-12-22(20,21)18-10-8-14(9-11-18)17-16(19)15-7-5-4-6-13(15)2/h4-7,14H,3,8-12H2,1-2H3,(H,17,19). The summed E-state index contributed by atoms with van der Waals surface area (Å²) in [4.78, 5) is 12.3. The highest BCUT2D eigenvalue weighted by Gasteiger charge is 2.28. The molecule has 1 aromatic rings. The molecule has 1 aliphatic rings. The van der Waals surface area contributed by atoms with Gasteiger partial charge in [-0.05, 0) is 37.8 Å². The summed E-state index contributed by atoms with van der Waals surface area (Å²) in [6.07, 6.45) is 1.97. The smallest absolute Gasteiger partial charge is 0.251 e. The van der Waals surface area contributed by atoms with Crippen LogP contribution in [0.25, 0.3) is 0 Å². The lowest BCUT2D eigenvalue weighted by Gasteiger charge is -2.31. The first-order chi connectivity index (χ1) is 10.4. The SMILES string of the molecule is CCCS(=O)(=O)N1CCC(NC(=O)c2ccccc2C)CC1. The number of hydrogen-bond donors (Lipinski definition) is 1. The Kier molecular flexibility index (Phi) is 5.58. The highest BCUT2D eigenvalue weighted by atomic mass is 32.2. The van der Waals surface area contributed by atoms with Crippen LogP contribution >= 0.6 is 0 Å². The molecule has 0 bridgehead atoms. The lowest BCUT2D eigenvalue weighted by molar-refractivity contribution is 0.0923. The van der Waals surface area contributed by atoms with E-state index < -0.39 is 10.0 Å². The Morgan fingerprint density at radius 3 is 2.50 bits per heavy atom. The fraction of sp³-hybridized carbons (Fsp3) is 0.562. The highest BCUT2D eigenvalue weighted by molar-refractivity contribution is 7.89. The van der Waals surface area contributed by atoms with E-state index in [-0.39, 0.29) is 17.7 Å². The maximum Gasteiger partial charge on any atom is 0.251 e. The van der Waals surface area contributed by atoms with Crippen LogP contribution in [0.1, 0.15) is 42.1 Å². The van der Waals surface area contributed by atoms with Crippen LogP contribution in [0.2, 0.25) is 0 Å². The van der Waals surface area contributed by atoms with Gasteiger partial charge in [0, 0.05) is 24.7 Å². The fourth-order valence-corrected chi connectivity index (χ4v) is 4.30. The van der Waals surface area contributed by atoms with Crippen LogP contribution in [0, 0.1) is 6.92 Å². The minimum absolute atomic E-state index is 0.0418. The van der Waals surface area contributed by atoms with Gasteiger partial charge < -0.3 is 5.32 Å². The number of nitrogens with one attached hydrogen (secondary N) is 1. The Morgan fingerprint density at radius 1 is 1.27 bits per heavy atom. The number of aryl methyl sites for hydroxylation is 1. The van der Waals surface area contributed by atoms with Crippen molar-refractivity contribution in [1.82, 2.24) is 9.62 Å². The molecular formula is C16H24N2O3S. The Hall–Kier alpha value is -1.40. The maximum absolute atomic E-state index is 12.3. The van der Waals surface area contributed by atoms with Gasteiger partial charge in [-0.3, -0.25) is 4.79 Å². The molecule has 2 rings (SSSR count). The first-order valence-electron chi connectivity index (χ1n) is 7.78. The van der Waals surface area contributed by atoms with Crippen molar-refractivity contribution in [3.8, 4) is 0 Å². The summed E-state index contributed by atoms with van der Waals surface area (Å²) in [5, 5.41) is 3.02. The molecule has 22 heavy (non-hydrogen) atoms. The number of carbonyl (C=O) groups excluding carboxylic acids is 1. The van der Waals surface area contributed by atoms with Crippen LogP contribution in [0.5, 0.6) is 0 Å². The van der Waals surface area contributed by atoms with Gasteiger partial charge in [-0.1, -0.05) is 25.1 Å². The third kappa shape index (κ3) is 4.08. The van der Waals surface area contributed by atoms with E-state index in [9.17, 15) is 13.2 Å². The van der Waals surface area contributed by atoms with E-state index in [2.05, 4.69) is 5.32 Å². The number of piperidine rings is 1. The van der Waals surface area contributed by atoms with Crippen molar-refractivity contribution in [1.29, 1.82) is 0 Å². The van der Waals surface area contributed by atoms with Crippen LogP contribution in [0.15, 0.2) is 24.3 Å². The molecular weight excluding hydrogens is 300 g/mol. The molecule has 1 aromatic carbocycles. The number of carbonyl (C=O) groups is 1. The van der Waals surface area contributed by atoms with Gasteiger partial charge in [0.2, 0.25) is 10.0 Å². The van der Waals surface area contributed by atoms with Gasteiger partial charge in [-0.15, -0.1) is 0 Å². The molecule has 1 fully saturated rings. The van der Waals surface area contributed by atoms with Crippen molar-refractivity contribution >= 4 is 15.9 Å². The average molecular weight is 324 g/mol. The molecule has 0 unspecified atom stereocenters. The molecule has 6 heteroatoms. The summed E-state index contributed by atoms with van der Waals surface area (Å²) in [6, 6.07) is 7.52. The molecule has 122 valence electrons. The summed E-state index contributed by atoms with van der Waals surface area (Å²) < 4.78 is 25.6. The fourth-order valence-electron chi connectivity index (χ4n) is 2.76. The second-order valence-corrected chi connectivity index (χ2v) is 7.87. The van der Waals surface area contributed by atoms with E-state index >= 15 is 0 Å². The largest absolute Gasteiger partial charge is 0.349 e. The number of rotatable bonds is 5.